The van der Waals surface area contributed by atoms with Crippen LogP contribution >= 0.6 is 0 Å². The minimum atomic E-state index is -4.87. The van der Waals surface area contributed by atoms with Gasteiger partial charge in [-0.15, -0.1) is 0 Å². The van der Waals surface area contributed by atoms with E-state index in [4.69, 9.17) is 5.73 Å². The van der Waals surface area contributed by atoms with E-state index < -0.39 is 12.1 Å². The van der Waals surface area contributed by atoms with E-state index in [-0.39, 0.29) is 6.54 Å². The summed E-state index contributed by atoms with van der Waals surface area (Å²) in [4.78, 5) is 14.3. The van der Waals surface area contributed by atoms with Gasteiger partial charge in [0, 0.05) is 12.6 Å². The molecule has 0 fully saturated rings. The van der Waals surface area contributed by atoms with Crippen molar-refractivity contribution in [3.63, 3.8) is 0 Å². The topological polar surface area (TPSA) is 60.9 Å². The van der Waals surface area contributed by atoms with E-state index in [0.29, 0.717) is 16.7 Å². The molecule has 0 amide bonds. The lowest BCUT2D eigenvalue weighted by Gasteiger charge is -2.03. The quantitative estimate of drug-likeness (QED) is 0.771. The minimum absolute atomic E-state index is 0.275. The number of rotatable bonds is 2. The molecular formula is C7H8F3N3O. The predicted molar refractivity (Wildman–Crippen MR) is 41.7 cm³/mol. The molecule has 14 heavy (non-hydrogen) atoms. The van der Waals surface area contributed by atoms with E-state index in [0.717, 1.165) is 12.5 Å². The fourth-order valence-corrected chi connectivity index (χ4v) is 0.898. The molecule has 0 bridgehead atoms. The fourth-order valence-electron chi connectivity index (χ4n) is 0.898. The van der Waals surface area contributed by atoms with E-state index in [1.54, 1.807) is 0 Å². The Labute approximate surface area is 77.5 Å². The molecule has 0 saturated heterocycles. The standard InChI is InChI=1S/C7H8F3N3O/c8-7(9,10)6(14)13-3-5(1-2-11)12-4-13/h3-4H,1-2,11H2. The molecule has 0 aliphatic heterocycles. The molecule has 1 aromatic heterocycles. The van der Waals surface area contributed by atoms with Gasteiger partial charge in [-0.2, -0.15) is 13.2 Å². The summed E-state index contributed by atoms with van der Waals surface area (Å²) < 4.78 is 36.1. The zero-order valence-electron chi connectivity index (χ0n) is 7.08. The highest BCUT2D eigenvalue weighted by atomic mass is 19.4. The van der Waals surface area contributed by atoms with Crippen LogP contribution in [0.2, 0.25) is 0 Å². The number of halogens is 3. The molecule has 0 saturated carbocycles. The number of alkyl halides is 3. The Bertz CT molecular complexity index is 331. The molecule has 0 unspecified atom stereocenters. The summed E-state index contributed by atoms with van der Waals surface area (Å²) in [5.41, 5.74) is 5.54. The van der Waals surface area contributed by atoms with Gasteiger partial charge in [0.05, 0.1) is 5.69 Å². The molecule has 0 spiro atoms. The molecule has 1 heterocycles. The summed E-state index contributed by atoms with van der Waals surface area (Å²) in [5, 5.41) is 0. The molecule has 0 aliphatic carbocycles. The lowest BCUT2D eigenvalue weighted by molar-refractivity contribution is -0.0946. The first kappa shape index (κ1) is 10.7. The third kappa shape index (κ3) is 2.32. The average molecular weight is 207 g/mol. The maximum Gasteiger partial charge on any atom is 0.472 e. The van der Waals surface area contributed by atoms with Crippen LogP contribution in [0, 0.1) is 0 Å². The monoisotopic (exact) mass is 207 g/mol. The summed E-state index contributed by atoms with van der Waals surface area (Å²) in [6.07, 6.45) is -2.66. The molecule has 2 N–H and O–H groups in total. The number of hydrogen-bond donors (Lipinski definition) is 1. The number of imidazole rings is 1. The van der Waals surface area contributed by atoms with Gasteiger partial charge in [-0.25, -0.2) is 4.98 Å². The largest absolute Gasteiger partial charge is 0.472 e. The summed E-state index contributed by atoms with van der Waals surface area (Å²) >= 11 is 0. The summed E-state index contributed by atoms with van der Waals surface area (Å²) in [5.74, 6) is -1.95. The van der Waals surface area contributed by atoms with Crippen molar-refractivity contribution in [2.24, 2.45) is 5.73 Å². The summed E-state index contributed by atoms with van der Waals surface area (Å²) in [6, 6.07) is 0. The van der Waals surface area contributed by atoms with E-state index >= 15 is 0 Å². The van der Waals surface area contributed by atoms with Crippen molar-refractivity contribution < 1.29 is 18.0 Å². The number of carbonyl (C=O) groups is 1. The number of hydrogen-bond acceptors (Lipinski definition) is 3. The lowest BCUT2D eigenvalue weighted by Crippen LogP contribution is -2.27. The van der Waals surface area contributed by atoms with E-state index in [1.165, 1.54) is 0 Å². The fraction of sp³-hybridized carbons (Fsp3) is 0.429. The van der Waals surface area contributed by atoms with Crippen LogP contribution in [-0.4, -0.2) is 28.2 Å². The van der Waals surface area contributed by atoms with Gasteiger partial charge in [-0.3, -0.25) is 9.36 Å². The van der Waals surface area contributed by atoms with Gasteiger partial charge < -0.3 is 5.73 Å². The average Bonchev–Trinajstić information content (AvgIpc) is 2.50. The van der Waals surface area contributed by atoms with Gasteiger partial charge in [-0.05, 0) is 6.54 Å². The molecule has 0 atom stereocenters. The third-order valence-electron chi connectivity index (χ3n) is 1.51. The Kier molecular flexibility index (Phi) is 2.90. The molecule has 78 valence electrons. The molecule has 1 rings (SSSR count). The van der Waals surface area contributed by atoms with Crippen molar-refractivity contribution in [2.75, 3.05) is 6.54 Å². The predicted octanol–water partition coefficient (Wildman–Crippen LogP) is 0.587. The summed E-state index contributed by atoms with van der Waals surface area (Å²) in [7, 11) is 0. The SMILES string of the molecule is NCCc1cn(C(=O)C(F)(F)F)cn1. The second-order valence-corrected chi connectivity index (χ2v) is 2.61. The second-order valence-electron chi connectivity index (χ2n) is 2.61. The molecule has 0 aromatic carbocycles. The third-order valence-corrected chi connectivity index (χ3v) is 1.51. The number of aromatic nitrogens is 2. The molecule has 0 radical (unpaired) electrons. The van der Waals surface area contributed by atoms with Gasteiger partial charge in [0.2, 0.25) is 0 Å². The smallest absolute Gasteiger partial charge is 0.330 e. The maximum atomic E-state index is 11.9. The zero-order chi connectivity index (χ0) is 10.8. The van der Waals surface area contributed by atoms with Crippen molar-refractivity contribution in [3.8, 4) is 0 Å². The van der Waals surface area contributed by atoms with E-state index in [9.17, 15) is 18.0 Å². The first-order valence-corrected chi connectivity index (χ1v) is 3.79. The number of carbonyl (C=O) groups excluding carboxylic acids is 1. The Balaban J connectivity index is 2.82. The number of nitrogens with two attached hydrogens (primary N) is 1. The van der Waals surface area contributed by atoms with Crippen LogP contribution < -0.4 is 5.73 Å². The van der Waals surface area contributed by atoms with Gasteiger partial charge >= 0.3 is 12.1 Å². The van der Waals surface area contributed by atoms with Gasteiger partial charge in [-0.1, -0.05) is 0 Å². The highest BCUT2D eigenvalue weighted by molar-refractivity contribution is 5.84. The maximum absolute atomic E-state index is 11.9. The Hall–Kier alpha value is -1.37. The van der Waals surface area contributed by atoms with Crippen LogP contribution in [0.1, 0.15) is 10.5 Å². The Morgan fingerprint density at radius 1 is 1.57 bits per heavy atom. The molecule has 7 heteroatoms. The molecule has 1 aromatic rings. The highest BCUT2D eigenvalue weighted by Gasteiger charge is 2.39. The highest BCUT2D eigenvalue weighted by Crippen LogP contribution is 2.17. The van der Waals surface area contributed by atoms with E-state index in [1.807, 2.05) is 0 Å². The van der Waals surface area contributed by atoms with Crippen LogP contribution in [0.15, 0.2) is 12.5 Å². The van der Waals surface area contributed by atoms with Crippen molar-refractivity contribution >= 4 is 5.91 Å². The van der Waals surface area contributed by atoms with Crippen molar-refractivity contribution in [1.82, 2.24) is 9.55 Å². The van der Waals surface area contributed by atoms with Crippen LogP contribution in [0.3, 0.4) is 0 Å². The van der Waals surface area contributed by atoms with E-state index in [2.05, 4.69) is 4.98 Å². The normalized spacial score (nSPS) is 11.7. The Morgan fingerprint density at radius 3 is 2.71 bits per heavy atom. The second kappa shape index (κ2) is 3.79. The first-order valence-electron chi connectivity index (χ1n) is 3.79. The van der Waals surface area contributed by atoms with Crippen molar-refractivity contribution in [3.05, 3.63) is 18.2 Å². The van der Waals surface area contributed by atoms with Crippen LogP contribution in [-0.2, 0) is 6.42 Å². The Morgan fingerprint density at radius 2 is 2.21 bits per heavy atom. The molecule has 4 nitrogen and oxygen atoms in total. The van der Waals surface area contributed by atoms with Crippen molar-refractivity contribution in [2.45, 2.75) is 12.6 Å². The van der Waals surface area contributed by atoms with Crippen LogP contribution in [0.25, 0.3) is 0 Å². The number of nitrogens with zero attached hydrogens (tertiary/aromatic N) is 2. The van der Waals surface area contributed by atoms with Crippen molar-refractivity contribution in [1.29, 1.82) is 0 Å². The zero-order valence-corrected chi connectivity index (χ0v) is 7.08. The van der Waals surface area contributed by atoms with Gasteiger partial charge in [0.25, 0.3) is 0 Å². The lowest BCUT2D eigenvalue weighted by atomic mass is 10.3. The first-order chi connectivity index (χ1) is 6.45. The minimum Gasteiger partial charge on any atom is -0.330 e. The summed E-state index contributed by atoms with van der Waals surface area (Å²) in [6.45, 7) is 0.275. The van der Waals surface area contributed by atoms with Crippen LogP contribution in [0.5, 0.6) is 0 Å². The molecule has 0 aliphatic rings. The van der Waals surface area contributed by atoms with Gasteiger partial charge in [0.15, 0.2) is 0 Å². The molecular weight excluding hydrogens is 199 g/mol. The van der Waals surface area contributed by atoms with Gasteiger partial charge in [0.1, 0.15) is 6.33 Å². The van der Waals surface area contributed by atoms with Crippen LogP contribution in [0.4, 0.5) is 13.2 Å².